The predicted octanol–water partition coefficient (Wildman–Crippen LogP) is 1.42. The topological polar surface area (TPSA) is 46.6 Å². The standard InChI is InChI=1S/C11H18ClNO3/c1-2-16-11(15)9-4-3-7-13(8-9)10(14)5-6-12/h9H,2-8H2,1H3. The van der Waals surface area contributed by atoms with Crippen molar-refractivity contribution in [3.8, 4) is 0 Å². The van der Waals surface area contributed by atoms with E-state index in [9.17, 15) is 9.59 Å². The van der Waals surface area contributed by atoms with Gasteiger partial charge in [-0.2, -0.15) is 0 Å². The van der Waals surface area contributed by atoms with Crippen LogP contribution in [0.15, 0.2) is 0 Å². The fraction of sp³-hybridized carbons (Fsp3) is 0.818. The average Bonchev–Trinajstić information content (AvgIpc) is 2.30. The van der Waals surface area contributed by atoms with Gasteiger partial charge in [-0.15, -0.1) is 11.6 Å². The molecule has 1 unspecified atom stereocenters. The Morgan fingerprint density at radius 1 is 1.50 bits per heavy atom. The van der Waals surface area contributed by atoms with E-state index in [-0.39, 0.29) is 17.8 Å². The lowest BCUT2D eigenvalue weighted by Crippen LogP contribution is -2.42. The van der Waals surface area contributed by atoms with Gasteiger partial charge in [0.15, 0.2) is 0 Å². The molecule has 1 saturated heterocycles. The first-order valence-corrected chi connectivity index (χ1v) is 6.22. The number of carbonyl (C=O) groups excluding carboxylic acids is 2. The minimum Gasteiger partial charge on any atom is -0.466 e. The van der Waals surface area contributed by atoms with Crippen molar-refractivity contribution in [2.45, 2.75) is 26.2 Å². The summed E-state index contributed by atoms with van der Waals surface area (Å²) in [4.78, 5) is 24.9. The summed E-state index contributed by atoms with van der Waals surface area (Å²) in [5.41, 5.74) is 0. The summed E-state index contributed by atoms with van der Waals surface area (Å²) in [6.45, 7) is 3.39. The lowest BCUT2D eigenvalue weighted by Gasteiger charge is -2.31. The minimum atomic E-state index is -0.189. The maximum atomic E-state index is 11.6. The number of nitrogens with zero attached hydrogens (tertiary/aromatic N) is 1. The quantitative estimate of drug-likeness (QED) is 0.558. The van der Waals surface area contributed by atoms with E-state index in [1.165, 1.54) is 0 Å². The Morgan fingerprint density at radius 2 is 2.25 bits per heavy atom. The third-order valence-electron chi connectivity index (χ3n) is 2.70. The van der Waals surface area contributed by atoms with Crippen molar-refractivity contribution in [3.63, 3.8) is 0 Å². The summed E-state index contributed by atoms with van der Waals surface area (Å²) in [6.07, 6.45) is 2.01. The van der Waals surface area contributed by atoms with Gasteiger partial charge in [0.1, 0.15) is 0 Å². The van der Waals surface area contributed by atoms with Gasteiger partial charge >= 0.3 is 5.97 Å². The number of halogens is 1. The van der Waals surface area contributed by atoms with Gasteiger partial charge in [0.25, 0.3) is 0 Å². The van der Waals surface area contributed by atoms with Gasteiger partial charge in [-0.05, 0) is 19.8 Å². The number of likely N-dealkylation sites (tertiary alicyclic amines) is 1. The van der Waals surface area contributed by atoms with Crippen molar-refractivity contribution in [2.75, 3.05) is 25.6 Å². The number of hydrogen-bond acceptors (Lipinski definition) is 3. The SMILES string of the molecule is CCOC(=O)C1CCCN(C(=O)CCCl)C1. The van der Waals surface area contributed by atoms with E-state index in [0.29, 0.717) is 25.5 Å². The Bertz CT molecular complexity index is 234. The van der Waals surface area contributed by atoms with E-state index in [4.69, 9.17) is 16.3 Å². The summed E-state index contributed by atoms with van der Waals surface area (Å²) in [6, 6.07) is 0. The number of amides is 1. The molecule has 1 amide bonds. The second-order valence-corrected chi connectivity index (χ2v) is 4.25. The molecule has 0 saturated carbocycles. The first-order valence-electron chi connectivity index (χ1n) is 5.69. The number of hydrogen-bond donors (Lipinski definition) is 0. The van der Waals surface area contributed by atoms with Crippen molar-refractivity contribution in [3.05, 3.63) is 0 Å². The molecule has 1 rings (SSSR count). The highest BCUT2D eigenvalue weighted by Crippen LogP contribution is 2.18. The number of ether oxygens (including phenoxy) is 1. The summed E-state index contributed by atoms with van der Waals surface area (Å²) in [5, 5.41) is 0. The lowest BCUT2D eigenvalue weighted by molar-refractivity contribution is -0.151. The highest BCUT2D eigenvalue weighted by Gasteiger charge is 2.28. The summed E-state index contributed by atoms with van der Waals surface area (Å²) in [5.74, 6) is 0.0159. The van der Waals surface area contributed by atoms with E-state index < -0.39 is 0 Å². The van der Waals surface area contributed by atoms with Crippen LogP contribution in [0.4, 0.5) is 0 Å². The zero-order chi connectivity index (χ0) is 12.0. The molecule has 4 nitrogen and oxygen atoms in total. The van der Waals surface area contributed by atoms with E-state index in [2.05, 4.69) is 0 Å². The van der Waals surface area contributed by atoms with Crippen molar-refractivity contribution < 1.29 is 14.3 Å². The molecule has 0 aliphatic carbocycles. The van der Waals surface area contributed by atoms with Crippen molar-refractivity contribution in [2.24, 2.45) is 5.92 Å². The van der Waals surface area contributed by atoms with Crippen LogP contribution in [0.5, 0.6) is 0 Å². The van der Waals surface area contributed by atoms with Crippen LogP contribution in [0.1, 0.15) is 26.2 Å². The third-order valence-corrected chi connectivity index (χ3v) is 2.89. The molecule has 5 heteroatoms. The zero-order valence-electron chi connectivity index (χ0n) is 9.58. The van der Waals surface area contributed by atoms with Gasteiger partial charge in [0.05, 0.1) is 12.5 Å². The van der Waals surface area contributed by atoms with Crippen LogP contribution < -0.4 is 0 Å². The summed E-state index contributed by atoms with van der Waals surface area (Å²) in [7, 11) is 0. The van der Waals surface area contributed by atoms with Crippen molar-refractivity contribution in [1.82, 2.24) is 4.90 Å². The second-order valence-electron chi connectivity index (χ2n) is 3.87. The van der Waals surface area contributed by atoms with Crippen LogP contribution in [0.3, 0.4) is 0 Å². The maximum Gasteiger partial charge on any atom is 0.310 e. The zero-order valence-corrected chi connectivity index (χ0v) is 10.3. The molecule has 92 valence electrons. The average molecular weight is 248 g/mol. The molecule has 0 bridgehead atoms. The smallest absolute Gasteiger partial charge is 0.310 e. The molecular formula is C11H18ClNO3. The number of esters is 1. The van der Waals surface area contributed by atoms with Gasteiger partial charge in [-0.1, -0.05) is 0 Å². The molecular weight excluding hydrogens is 230 g/mol. The van der Waals surface area contributed by atoms with Crippen LogP contribution in [0, 0.1) is 5.92 Å². The number of alkyl halides is 1. The Morgan fingerprint density at radius 3 is 2.88 bits per heavy atom. The van der Waals surface area contributed by atoms with Crippen LogP contribution >= 0.6 is 11.6 Å². The largest absolute Gasteiger partial charge is 0.466 e. The lowest BCUT2D eigenvalue weighted by atomic mass is 9.98. The third kappa shape index (κ3) is 3.67. The number of carbonyl (C=O) groups is 2. The Balaban J connectivity index is 2.46. The fourth-order valence-corrected chi connectivity index (χ4v) is 2.06. The van der Waals surface area contributed by atoms with Gasteiger partial charge in [-0.25, -0.2) is 0 Å². The first kappa shape index (κ1) is 13.3. The number of rotatable bonds is 4. The number of piperidine rings is 1. The molecule has 1 aliphatic rings. The van der Waals surface area contributed by atoms with Gasteiger partial charge in [0, 0.05) is 25.4 Å². The van der Waals surface area contributed by atoms with Crippen molar-refractivity contribution in [1.29, 1.82) is 0 Å². The minimum absolute atomic E-state index is 0.0315. The van der Waals surface area contributed by atoms with Crippen LogP contribution in [0.2, 0.25) is 0 Å². The van der Waals surface area contributed by atoms with E-state index >= 15 is 0 Å². The van der Waals surface area contributed by atoms with E-state index in [0.717, 1.165) is 19.4 Å². The molecule has 0 spiro atoms. The van der Waals surface area contributed by atoms with Crippen LogP contribution in [0.25, 0.3) is 0 Å². The molecule has 1 aliphatic heterocycles. The molecule has 0 aromatic rings. The normalized spacial score (nSPS) is 20.6. The molecule has 0 N–H and O–H groups in total. The van der Waals surface area contributed by atoms with Gasteiger partial charge < -0.3 is 9.64 Å². The van der Waals surface area contributed by atoms with E-state index in [1.807, 2.05) is 0 Å². The Labute approximate surface area is 101 Å². The predicted molar refractivity (Wildman–Crippen MR) is 61.3 cm³/mol. The van der Waals surface area contributed by atoms with Gasteiger partial charge in [0.2, 0.25) is 5.91 Å². The molecule has 16 heavy (non-hydrogen) atoms. The van der Waals surface area contributed by atoms with Crippen LogP contribution in [-0.2, 0) is 14.3 Å². The van der Waals surface area contributed by atoms with Gasteiger partial charge in [-0.3, -0.25) is 9.59 Å². The Kier molecular flexibility index (Phi) is 5.60. The first-order chi connectivity index (χ1) is 7.69. The van der Waals surface area contributed by atoms with E-state index in [1.54, 1.807) is 11.8 Å². The Hall–Kier alpha value is -0.770. The molecule has 0 aromatic heterocycles. The maximum absolute atomic E-state index is 11.6. The highest BCUT2D eigenvalue weighted by molar-refractivity contribution is 6.18. The monoisotopic (exact) mass is 247 g/mol. The molecule has 0 radical (unpaired) electrons. The summed E-state index contributed by atoms with van der Waals surface area (Å²) >= 11 is 5.53. The van der Waals surface area contributed by atoms with Crippen LogP contribution in [-0.4, -0.2) is 42.4 Å². The fourth-order valence-electron chi connectivity index (χ4n) is 1.90. The molecule has 0 aromatic carbocycles. The highest BCUT2D eigenvalue weighted by atomic mass is 35.5. The second kappa shape index (κ2) is 6.74. The summed E-state index contributed by atoms with van der Waals surface area (Å²) < 4.78 is 4.97. The molecule has 1 atom stereocenters. The molecule has 1 fully saturated rings. The molecule has 1 heterocycles. The van der Waals surface area contributed by atoms with Crippen molar-refractivity contribution >= 4 is 23.5 Å².